The van der Waals surface area contributed by atoms with Gasteiger partial charge in [-0.25, -0.2) is 0 Å². The molecule has 1 amide bonds. The molecular formula is C21H28N2O3. The average molecular weight is 356 g/mol. The van der Waals surface area contributed by atoms with Crippen LogP contribution in [0.15, 0.2) is 47.1 Å². The third-order valence-corrected chi connectivity index (χ3v) is 4.65. The maximum atomic E-state index is 12.5. The molecule has 26 heavy (non-hydrogen) atoms. The summed E-state index contributed by atoms with van der Waals surface area (Å²) in [6.45, 7) is 6.59. The molecule has 140 valence electrons. The van der Waals surface area contributed by atoms with E-state index in [9.17, 15) is 4.79 Å². The number of hydrogen-bond acceptors (Lipinski definition) is 4. The number of hydrogen-bond donors (Lipinski definition) is 1. The Morgan fingerprint density at radius 3 is 2.50 bits per heavy atom. The topological polar surface area (TPSA) is 54.7 Å². The summed E-state index contributed by atoms with van der Waals surface area (Å²) < 4.78 is 11.3. The van der Waals surface area contributed by atoms with Gasteiger partial charge in [-0.1, -0.05) is 6.42 Å². The molecule has 1 aromatic carbocycles. The Hall–Kier alpha value is -2.27. The van der Waals surface area contributed by atoms with Gasteiger partial charge in [0.2, 0.25) is 0 Å². The second kappa shape index (κ2) is 8.90. The van der Waals surface area contributed by atoms with Crippen LogP contribution in [-0.4, -0.2) is 36.5 Å². The minimum atomic E-state index is -0.0744. The first kappa shape index (κ1) is 18.5. The van der Waals surface area contributed by atoms with E-state index in [1.165, 1.54) is 19.3 Å². The number of piperidine rings is 1. The number of nitrogens with zero attached hydrogens (tertiary/aromatic N) is 1. The van der Waals surface area contributed by atoms with Gasteiger partial charge >= 0.3 is 0 Å². The van der Waals surface area contributed by atoms with Crippen molar-refractivity contribution in [3.05, 3.63) is 54.0 Å². The van der Waals surface area contributed by atoms with Gasteiger partial charge in [0.1, 0.15) is 11.5 Å². The quantitative estimate of drug-likeness (QED) is 0.814. The Bertz CT molecular complexity index is 674. The molecule has 2 heterocycles. The Morgan fingerprint density at radius 1 is 1.15 bits per heavy atom. The van der Waals surface area contributed by atoms with Crippen LogP contribution in [0.25, 0.3) is 0 Å². The molecule has 1 N–H and O–H groups in total. The summed E-state index contributed by atoms with van der Waals surface area (Å²) in [6.07, 6.45) is 5.48. The van der Waals surface area contributed by atoms with E-state index in [4.69, 9.17) is 9.15 Å². The van der Waals surface area contributed by atoms with Crippen LogP contribution in [0.5, 0.6) is 5.75 Å². The second-order valence-electron chi connectivity index (χ2n) is 7.03. The fraction of sp³-hybridized carbons (Fsp3) is 0.476. The average Bonchev–Trinajstić information content (AvgIpc) is 3.17. The van der Waals surface area contributed by atoms with Gasteiger partial charge in [-0.15, -0.1) is 0 Å². The number of amides is 1. The summed E-state index contributed by atoms with van der Waals surface area (Å²) in [5.74, 6) is 1.61. The maximum Gasteiger partial charge on any atom is 0.251 e. The zero-order valence-electron chi connectivity index (χ0n) is 15.6. The highest BCUT2D eigenvalue weighted by molar-refractivity contribution is 5.94. The highest BCUT2D eigenvalue weighted by atomic mass is 16.5. The summed E-state index contributed by atoms with van der Waals surface area (Å²) in [5.41, 5.74) is 0.637. The van der Waals surface area contributed by atoms with E-state index < -0.39 is 0 Å². The first-order valence-electron chi connectivity index (χ1n) is 9.46. The van der Waals surface area contributed by atoms with Crippen LogP contribution in [0.4, 0.5) is 0 Å². The summed E-state index contributed by atoms with van der Waals surface area (Å²) >= 11 is 0. The lowest BCUT2D eigenvalue weighted by atomic mass is 10.1. The fourth-order valence-electron chi connectivity index (χ4n) is 3.37. The first-order valence-corrected chi connectivity index (χ1v) is 9.46. The lowest BCUT2D eigenvalue weighted by Crippen LogP contribution is -2.40. The molecule has 1 aliphatic rings. The van der Waals surface area contributed by atoms with Crippen LogP contribution in [0.2, 0.25) is 0 Å². The third-order valence-electron chi connectivity index (χ3n) is 4.65. The standard InChI is InChI=1S/C21H28N2O3/c1-16(2)26-18-10-8-17(9-11-18)21(24)22-15-19(20-7-6-14-25-20)23-12-4-3-5-13-23/h6-11,14,16,19H,3-5,12-13,15H2,1-2H3,(H,22,24)/t19-/m1/s1. The monoisotopic (exact) mass is 356 g/mol. The molecule has 1 atom stereocenters. The highest BCUT2D eigenvalue weighted by Crippen LogP contribution is 2.24. The lowest BCUT2D eigenvalue weighted by Gasteiger charge is -2.33. The van der Waals surface area contributed by atoms with E-state index >= 15 is 0 Å². The van der Waals surface area contributed by atoms with Crippen molar-refractivity contribution >= 4 is 5.91 Å². The van der Waals surface area contributed by atoms with Gasteiger partial charge in [0.25, 0.3) is 5.91 Å². The largest absolute Gasteiger partial charge is 0.491 e. The molecule has 5 heteroatoms. The molecule has 0 bridgehead atoms. The van der Waals surface area contributed by atoms with Crippen LogP contribution >= 0.6 is 0 Å². The fourth-order valence-corrected chi connectivity index (χ4v) is 3.37. The van der Waals surface area contributed by atoms with Crippen molar-refractivity contribution in [2.75, 3.05) is 19.6 Å². The van der Waals surface area contributed by atoms with Crippen LogP contribution in [0, 0.1) is 0 Å². The number of benzene rings is 1. The lowest BCUT2D eigenvalue weighted by molar-refractivity contribution is 0.0914. The smallest absolute Gasteiger partial charge is 0.251 e. The van der Waals surface area contributed by atoms with E-state index in [1.54, 1.807) is 18.4 Å². The highest BCUT2D eigenvalue weighted by Gasteiger charge is 2.25. The number of ether oxygens (including phenoxy) is 1. The molecule has 2 aromatic rings. The van der Waals surface area contributed by atoms with Crippen molar-refractivity contribution in [1.82, 2.24) is 10.2 Å². The maximum absolute atomic E-state index is 12.5. The Balaban J connectivity index is 1.62. The third kappa shape index (κ3) is 4.88. The van der Waals surface area contributed by atoms with E-state index in [1.807, 2.05) is 38.1 Å². The molecule has 0 aliphatic carbocycles. The minimum absolute atomic E-state index is 0.0744. The van der Waals surface area contributed by atoms with Gasteiger partial charge in [-0.3, -0.25) is 9.69 Å². The molecule has 0 saturated carbocycles. The summed E-state index contributed by atoms with van der Waals surface area (Å²) in [5, 5.41) is 3.06. The van der Waals surface area contributed by atoms with Crippen LogP contribution < -0.4 is 10.1 Å². The second-order valence-corrected chi connectivity index (χ2v) is 7.03. The molecule has 0 spiro atoms. The molecular weight excluding hydrogens is 328 g/mol. The van der Waals surface area contributed by atoms with E-state index in [2.05, 4.69) is 10.2 Å². The molecule has 0 radical (unpaired) electrons. The van der Waals surface area contributed by atoms with Crippen LogP contribution in [0.1, 0.15) is 55.3 Å². The van der Waals surface area contributed by atoms with Crippen LogP contribution in [0.3, 0.4) is 0 Å². The molecule has 1 saturated heterocycles. The number of carbonyl (C=O) groups excluding carboxylic acids is 1. The molecule has 0 unspecified atom stereocenters. The van der Waals surface area contributed by atoms with E-state index in [0.29, 0.717) is 12.1 Å². The van der Waals surface area contributed by atoms with Crippen LogP contribution in [-0.2, 0) is 0 Å². The molecule has 3 rings (SSSR count). The predicted octanol–water partition coefficient (Wildman–Crippen LogP) is 4.02. The van der Waals surface area contributed by atoms with Crippen molar-refractivity contribution < 1.29 is 13.9 Å². The Kier molecular flexibility index (Phi) is 6.34. The number of carbonyl (C=O) groups is 1. The van der Waals surface area contributed by atoms with Gasteiger partial charge in [-0.05, 0) is 76.2 Å². The first-order chi connectivity index (χ1) is 12.6. The number of nitrogens with one attached hydrogen (secondary N) is 1. The van der Waals surface area contributed by atoms with Gasteiger partial charge in [0, 0.05) is 12.1 Å². The van der Waals surface area contributed by atoms with Crippen molar-refractivity contribution in [1.29, 1.82) is 0 Å². The minimum Gasteiger partial charge on any atom is -0.491 e. The number of likely N-dealkylation sites (tertiary alicyclic amines) is 1. The Labute approximate surface area is 155 Å². The van der Waals surface area contributed by atoms with E-state index in [0.717, 1.165) is 24.6 Å². The SMILES string of the molecule is CC(C)Oc1ccc(C(=O)NC[C@H](c2ccco2)N2CCCCC2)cc1. The zero-order chi connectivity index (χ0) is 18.4. The summed E-state index contributed by atoms with van der Waals surface area (Å²) in [7, 11) is 0. The summed E-state index contributed by atoms with van der Waals surface area (Å²) in [6, 6.07) is 11.3. The van der Waals surface area contributed by atoms with E-state index in [-0.39, 0.29) is 18.1 Å². The molecule has 1 aliphatic heterocycles. The van der Waals surface area contributed by atoms with Crippen molar-refractivity contribution in [2.24, 2.45) is 0 Å². The van der Waals surface area contributed by atoms with Crippen molar-refractivity contribution in [3.8, 4) is 5.75 Å². The molecule has 5 nitrogen and oxygen atoms in total. The zero-order valence-corrected chi connectivity index (χ0v) is 15.6. The van der Waals surface area contributed by atoms with Crippen molar-refractivity contribution in [2.45, 2.75) is 45.3 Å². The predicted molar refractivity (Wildman–Crippen MR) is 101 cm³/mol. The normalized spacial score (nSPS) is 16.4. The van der Waals surface area contributed by atoms with Crippen molar-refractivity contribution in [3.63, 3.8) is 0 Å². The number of rotatable bonds is 7. The van der Waals surface area contributed by atoms with Gasteiger partial charge in [-0.2, -0.15) is 0 Å². The van der Waals surface area contributed by atoms with Gasteiger partial charge in [0.15, 0.2) is 0 Å². The Morgan fingerprint density at radius 2 is 1.88 bits per heavy atom. The molecule has 1 fully saturated rings. The van der Waals surface area contributed by atoms with Gasteiger partial charge < -0.3 is 14.5 Å². The molecule has 1 aromatic heterocycles. The summed E-state index contributed by atoms with van der Waals surface area (Å²) in [4.78, 5) is 14.9. The van der Waals surface area contributed by atoms with Gasteiger partial charge in [0.05, 0.1) is 18.4 Å². The number of furan rings is 1.